The lowest BCUT2D eigenvalue weighted by molar-refractivity contribution is 0.0385. The molecule has 5 N–H and O–H groups in total. The maximum Gasteiger partial charge on any atom is 0.407 e. The molecular formula is C17H22ClN7O3. The highest BCUT2D eigenvalue weighted by Gasteiger charge is 2.41. The van der Waals surface area contributed by atoms with Crippen LogP contribution in [0, 0.1) is 0 Å². The van der Waals surface area contributed by atoms with Crippen LogP contribution in [-0.4, -0.2) is 59.5 Å². The number of rotatable bonds is 5. The van der Waals surface area contributed by atoms with Gasteiger partial charge < -0.3 is 25.7 Å². The molecule has 150 valence electrons. The minimum atomic E-state index is -0.833. The summed E-state index contributed by atoms with van der Waals surface area (Å²) in [4.78, 5) is 21.9. The van der Waals surface area contributed by atoms with E-state index >= 15 is 0 Å². The molecule has 2 aliphatic rings. The number of hydrogen-bond acceptors (Lipinski definition) is 7. The van der Waals surface area contributed by atoms with E-state index in [1.54, 1.807) is 17.0 Å². The van der Waals surface area contributed by atoms with E-state index < -0.39 is 6.09 Å². The first-order valence-electron chi connectivity index (χ1n) is 9.26. The molecule has 2 fully saturated rings. The third kappa shape index (κ3) is 3.97. The molecule has 2 aromatic heterocycles. The van der Waals surface area contributed by atoms with Gasteiger partial charge in [0.15, 0.2) is 5.82 Å². The van der Waals surface area contributed by atoms with Crippen LogP contribution in [0.1, 0.15) is 37.8 Å². The second-order valence-electron chi connectivity index (χ2n) is 7.20. The number of aromatic nitrogens is 4. The van der Waals surface area contributed by atoms with Crippen molar-refractivity contribution in [3.05, 3.63) is 23.0 Å². The minimum Gasteiger partial charge on any atom is -0.465 e. The molecule has 0 aliphatic carbocycles. The van der Waals surface area contributed by atoms with E-state index in [0.717, 1.165) is 32.1 Å². The summed E-state index contributed by atoms with van der Waals surface area (Å²) in [6.45, 7) is -0.136. The normalized spacial score (nSPS) is 24.1. The predicted octanol–water partition coefficient (Wildman–Crippen LogP) is 2.56. The van der Waals surface area contributed by atoms with E-state index in [1.165, 1.54) is 0 Å². The van der Waals surface area contributed by atoms with Gasteiger partial charge in [0, 0.05) is 30.3 Å². The number of carbonyl (C=O) groups is 1. The van der Waals surface area contributed by atoms with Crippen LogP contribution in [0.15, 0.2) is 12.1 Å². The first-order valence-corrected chi connectivity index (χ1v) is 9.64. The molecule has 10 nitrogen and oxygen atoms in total. The first kappa shape index (κ1) is 18.8. The van der Waals surface area contributed by atoms with Gasteiger partial charge in [-0.05, 0) is 32.1 Å². The van der Waals surface area contributed by atoms with Crippen LogP contribution in [0.4, 0.5) is 22.4 Å². The van der Waals surface area contributed by atoms with Crippen LogP contribution in [0.3, 0.4) is 0 Å². The fraction of sp³-hybridized carbons (Fsp3) is 0.529. The summed E-state index contributed by atoms with van der Waals surface area (Å²) in [6, 6.07) is 3.40. The molecule has 28 heavy (non-hydrogen) atoms. The predicted molar refractivity (Wildman–Crippen MR) is 103 cm³/mol. The van der Waals surface area contributed by atoms with Gasteiger partial charge in [0.1, 0.15) is 11.0 Å². The number of fused-ring (bicyclic) bond motifs is 2. The number of aromatic amines is 1. The molecule has 0 aromatic carbocycles. The summed E-state index contributed by atoms with van der Waals surface area (Å²) < 4.78 is 0. The quantitative estimate of drug-likeness (QED) is 0.476. The van der Waals surface area contributed by atoms with Gasteiger partial charge in [-0.15, -0.1) is 0 Å². The van der Waals surface area contributed by atoms with Gasteiger partial charge in [-0.1, -0.05) is 11.6 Å². The number of aliphatic hydroxyl groups excluding tert-OH is 1. The van der Waals surface area contributed by atoms with E-state index in [0.29, 0.717) is 23.3 Å². The van der Waals surface area contributed by atoms with E-state index in [9.17, 15) is 9.90 Å². The lowest BCUT2D eigenvalue weighted by Crippen LogP contribution is -2.56. The number of H-pyrrole nitrogens is 1. The number of halogens is 1. The van der Waals surface area contributed by atoms with Gasteiger partial charge >= 0.3 is 6.09 Å². The molecule has 4 heterocycles. The average molecular weight is 408 g/mol. The molecule has 2 bridgehead atoms. The lowest BCUT2D eigenvalue weighted by atomic mass is 9.82. The maximum absolute atomic E-state index is 11.6. The fourth-order valence-electron chi connectivity index (χ4n) is 4.18. The van der Waals surface area contributed by atoms with Crippen molar-refractivity contribution >= 4 is 35.3 Å². The second kappa shape index (κ2) is 7.80. The zero-order chi connectivity index (χ0) is 19.7. The summed E-state index contributed by atoms with van der Waals surface area (Å²) in [5.41, 5.74) is 0.581. The van der Waals surface area contributed by atoms with E-state index in [-0.39, 0.29) is 29.9 Å². The van der Waals surface area contributed by atoms with Gasteiger partial charge in [0.25, 0.3) is 0 Å². The maximum atomic E-state index is 11.6. The topological polar surface area (TPSA) is 139 Å². The Labute approximate surface area is 166 Å². The van der Waals surface area contributed by atoms with Crippen LogP contribution >= 0.6 is 11.6 Å². The van der Waals surface area contributed by atoms with E-state index in [1.807, 2.05) is 0 Å². The molecular weight excluding hydrogens is 386 g/mol. The van der Waals surface area contributed by atoms with Gasteiger partial charge in [-0.2, -0.15) is 10.1 Å². The molecule has 2 aromatic rings. The number of anilines is 3. The summed E-state index contributed by atoms with van der Waals surface area (Å²) in [7, 11) is 0. The monoisotopic (exact) mass is 407 g/mol. The number of nitrogens with one attached hydrogen (secondary N) is 3. The molecule has 2 saturated heterocycles. The van der Waals surface area contributed by atoms with Crippen LogP contribution in [0.25, 0.3) is 0 Å². The summed E-state index contributed by atoms with van der Waals surface area (Å²) >= 11 is 6.14. The van der Waals surface area contributed by atoms with Crippen molar-refractivity contribution in [1.29, 1.82) is 0 Å². The van der Waals surface area contributed by atoms with Crippen molar-refractivity contribution in [2.24, 2.45) is 0 Å². The number of aliphatic hydroxyl groups is 1. The molecule has 0 spiro atoms. The van der Waals surface area contributed by atoms with Crippen molar-refractivity contribution in [2.45, 2.75) is 56.8 Å². The molecule has 4 rings (SSSR count). The Hall–Kier alpha value is -2.59. The van der Waals surface area contributed by atoms with E-state index in [4.69, 9.17) is 16.7 Å². The van der Waals surface area contributed by atoms with Crippen molar-refractivity contribution in [3.8, 4) is 0 Å². The Kier molecular flexibility index (Phi) is 5.23. The standard InChI is InChI=1S/C17H22ClN7O3/c18-13-7-14(21-15-6-10(8-26)23-24-15)22-16(20-13)19-9-4-11-2-1-3-12(5-9)25(11)17(27)28/h6-7,9,11-12,26H,1-5,8H2,(H,27,28)(H3,19,20,21,22,23,24)/t9-,11-,12+. The fourth-order valence-corrected chi connectivity index (χ4v) is 4.36. The van der Waals surface area contributed by atoms with Crippen molar-refractivity contribution in [3.63, 3.8) is 0 Å². The second-order valence-corrected chi connectivity index (χ2v) is 7.59. The Morgan fingerprint density at radius 2 is 2.00 bits per heavy atom. The third-order valence-corrected chi connectivity index (χ3v) is 5.47. The van der Waals surface area contributed by atoms with E-state index in [2.05, 4.69) is 30.8 Å². The SMILES string of the molecule is O=C(O)N1[C@@H]2CCC[C@H]1C[C@H](Nc1nc(Cl)cc(Nc3cc(CO)[nH]n3)n1)C2. The highest BCUT2D eigenvalue weighted by molar-refractivity contribution is 6.29. The Morgan fingerprint density at radius 1 is 1.25 bits per heavy atom. The Balaban J connectivity index is 1.46. The van der Waals surface area contributed by atoms with Crippen molar-refractivity contribution in [2.75, 3.05) is 10.6 Å². The molecule has 0 saturated carbocycles. The number of carboxylic acid groups (broad SMARTS) is 1. The number of hydrogen-bond donors (Lipinski definition) is 5. The summed E-state index contributed by atoms with van der Waals surface area (Å²) in [5.74, 6) is 1.37. The number of piperidine rings is 2. The van der Waals surface area contributed by atoms with Crippen LogP contribution < -0.4 is 10.6 Å². The minimum absolute atomic E-state index is 0.0280. The summed E-state index contributed by atoms with van der Waals surface area (Å²) in [5, 5.41) is 32.0. The highest BCUT2D eigenvalue weighted by atomic mass is 35.5. The van der Waals surface area contributed by atoms with Crippen LogP contribution in [0.5, 0.6) is 0 Å². The van der Waals surface area contributed by atoms with Gasteiger partial charge in [0.2, 0.25) is 5.95 Å². The van der Waals surface area contributed by atoms with Crippen molar-refractivity contribution < 1.29 is 15.0 Å². The highest BCUT2D eigenvalue weighted by Crippen LogP contribution is 2.35. The molecule has 3 atom stereocenters. The molecule has 0 unspecified atom stereocenters. The Morgan fingerprint density at radius 3 is 2.64 bits per heavy atom. The first-order chi connectivity index (χ1) is 13.5. The largest absolute Gasteiger partial charge is 0.465 e. The summed E-state index contributed by atoms with van der Waals surface area (Å²) in [6.07, 6.45) is 3.45. The number of nitrogens with zero attached hydrogens (tertiary/aromatic N) is 4. The van der Waals surface area contributed by atoms with Gasteiger partial charge in [-0.25, -0.2) is 9.78 Å². The Bertz CT molecular complexity index is 847. The van der Waals surface area contributed by atoms with Gasteiger partial charge in [0.05, 0.1) is 12.3 Å². The van der Waals surface area contributed by atoms with Crippen LogP contribution in [0.2, 0.25) is 5.15 Å². The zero-order valence-electron chi connectivity index (χ0n) is 15.1. The average Bonchev–Trinajstić information content (AvgIpc) is 3.07. The van der Waals surface area contributed by atoms with Gasteiger partial charge in [-0.3, -0.25) is 5.10 Å². The lowest BCUT2D eigenvalue weighted by Gasteiger charge is -2.47. The van der Waals surface area contributed by atoms with Crippen molar-refractivity contribution in [1.82, 2.24) is 25.1 Å². The van der Waals surface area contributed by atoms with Crippen LogP contribution in [-0.2, 0) is 6.61 Å². The number of amides is 1. The molecule has 11 heteroatoms. The zero-order valence-corrected chi connectivity index (χ0v) is 15.9. The molecule has 2 aliphatic heterocycles. The smallest absolute Gasteiger partial charge is 0.407 e. The molecule has 1 amide bonds. The molecule has 0 radical (unpaired) electrons. The third-order valence-electron chi connectivity index (χ3n) is 5.28.